The maximum absolute atomic E-state index is 12.3. The van der Waals surface area contributed by atoms with Crippen molar-refractivity contribution < 1.29 is 4.79 Å². The van der Waals surface area contributed by atoms with E-state index in [9.17, 15) is 4.79 Å². The van der Waals surface area contributed by atoms with Crippen molar-refractivity contribution in [2.45, 2.75) is 77.6 Å². The second-order valence-corrected chi connectivity index (χ2v) is 9.12. The molecule has 1 fully saturated rings. The van der Waals surface area contributed by atoms with Crippen molar-refractivity contribution in [3.63, 3.8) is 0 Å². The molecular weight excluding hydrogens is 302 g/mol. The molecule has 1 amide bonds. The molecule has 0 aromatic heterocycles. The summed E-state index contributed by atoms with van der Waals surface area (Å²) in [7, 11) is 0. The molecule has 0 aromatic carbocycles. The molecule has 1 N–H and O–H groups in total. The fraction of sp³-hybridized carbons (Fsp3) is 0.938. The minimum Gasteiger partial charge on any atom is -0.350 e. The number of carbonyl (C=O) groups is 1. The number of nitrogens with one attached hydrogen (secondary N) is 1. The van der Waals surface area contributed by atoms with Crippen molar-refractivity contribution in [3.05, 3.63) is 0 Å². The molecule has 112 valence electrons. The van der Waals surface area contributed by atoms with E-state index in [1.807, 2.05) is 0 Å². The van der Waals surface area contributed by atoms with Crippen molar-refractivity contribution >= 4 is 21.8 Å². The lowest BCUT2D eigenvalue weighted by molar-refractivity contribution is -0.128. The molecule has 0 saturated heterocycles. The largest absolute Gasteiger partial charge is 0.350 e. The lowest BCUT2D eigenvalue weighted by atomic mass is 9.69. The van der Waals surface area contributed by atoms with Gasteiger partial charge in [0.2, 0.25) is 5.91 Å². The first-order valence-corrected chi connectivity index (χ1v) is 8.41. The SMILES string of the molecule is CC(Br)C(C)(C)NC(=O)C1CCC(C(C)(C)C)CC1. The summed E-state index contributed by atoms with van der Waals surface area (Å²) < 4.78 is 0. The molecule has 1 atom stereocenters. The average Bonchev–Trinajstić information content (AvgIpc) is 2.27. The van der Waals surface area contributed by atoms with Gasteiger partial charge < -0.3 is 5.32 Å². The number of rotatable bonds is 3. The third kappa shape index (κ3) is 4.77. The molecule has 0 heterocycles. The molecule has 0 aliphatic heterocycles. The Kier molecular flexibility index (Phi) is 5.51. The summed E-state index contributed by atoms with van der Waals surface area (Å²) in [4.78, 5) is 12.6. The first-order valence-electron chi connectivity index (χ1n) is 7.50. The maximum Gasteiger partial charge on any atom is 0.223 e. The Morgan fingerprint density at radius 1 is 1.11 bits per heavy atom. The Morgan fingerprint density at radius 2 is 1.58 bits per heavy atom. The number of halogens is 1. The lowest BCUT2D eigenvalue weighted by Gasteiger charge is -2.38. The molecule has 2 nitrogen and oxygen atoms in total. The van der Waals surface area contributed by atoms with Gasteiger partial charge in [0.05, 0.1) is 0 Å². The molecule has 19 heavy (non-hydrogen) atoms. The number of carbonyl (C=O) groups excluding carboxylic acids is 1. The van der Waals surface area contributed by atoms with Gasteiger partial charge in [-0.1, -0.05) is 43.6 Å². The normalized spacial score (nSPS) is 26.9. The van der Waals surface area contributed by atoms with Crippen LogP contribution in [-0.4, -0.2) is 16.3 Å². The van der Waals surface area contributed by atoms with Crippen LogP contribution in [-0.2, 0) is 4.79 Å². The smallest absolute Gasteiger partial charge is 0.223 e. The van der Waals surface area contributed by atoms with E-state index in [2.05, 4.69) is 62.8 Å². The molecule has 1 aliphatic rings. The Labute approximate surface area is 127 Å². The number of alkyl halides is 1. The lowest BCUT2D eigenvalue weighted by Crippen LogP contribution is -2.51. The molecule has 0 bridgehead atoms. The Hall–Kier alpha value is -0.0500. The van der Waals surface area contributed by atoms with Gasteiger partial charge in [0.15, 0.2) is 0 Å². The van der Waals surface area contributed by atoms with Crippen molar-refractivity contribution in [2.24, 2.45) is 17.3 Å². The van der Waals surface area contributed by atoms with Crippen LogP contribution in [0.2, 0.25) is 0 Å². The van der Waals surface area contributed by atoms with Crippen LogP contribution in [0.3, 0.4) is 0 Å². The second kappa shape index (κ2) is 6.15. The van der Waals surface area contributed by atoms with Crippen molar-refractivity contribution in [2.75, 3.05) is 0 Å². The minimum atomic E-state index is -0.183. The van der Waals surface area contributed by atoms with E-state index >= 15 is 0 Å². The molecule has 0 radical (unpaired) electrons. The first-order chi connectivity index (χ1) is 8.54. The van der Waals surface area contributed by atoms with E-state index in [-0.39, 0.29) is 22.2 Å². The predicted octanol–water partition coefficient (Wildman–Crippen LogP) is 4.52. The summed E-state index contributed by atoms with van der Waals surface area (Å²) in [6.07, 6.45) is 4.46. The van der Waals surface area contributed by atoms with Crippen LogP contribution in [0.4, 0.5) is 0 Å². The van der Waals surface area contributed by atoms with E-state index in [0.717, 1.165) is 18.8 Å². The summed E-state index contributed by atoms with van der Waals surface area (Å²) in [5.41, 5.74) is 0.197. The van der Waals surface area contributed by atoms with Crippen molar-refractivity contribution in [3.8, 4) is 0 Å². The van der Waals surface area contributed by atoms with Crippen LogP contribution in [0.15, 0.2) is 0 Å². The predicted molar refractivity (Wildman–Crippen MR) is 85.5 cm³/mol. The van der Waals surface area contributed by atoms with Gasteiger partial charge in [0.1, 0.15) is 0 Å². The van der Waals surface area contributed by atoms with Crippen LogP contribution < -0.4 is 5.32 Å². The first kappa shape index (κ1) is 17.0. The zero-order chi connectivity index (χ0) is 14.8. The zero-order valence-electron chi connectivity index (χ0n) is 13.3. The summed E-state index contributed by atoms with van der Waals surface area (Å²) in [5.74, 6) is 1.22. The van der Waals surface area contributed by atoms with Crippen LogP contribution in [0.5, 0.6) is 0 Å². The summed E-state index contributed by atoms with van der Waals surface area (Å²) >= 11 is 3.57. The maximum atomic E-state index is 12.3. The molecule has 1 rings (SSSR count). The molecule has 0 spiro atoms. The fourth-order valence-corrected chi connectivity index (χ4v) is 2.86. The van der Waals surface area contributed by atoms with Gasteiger partial charge in [-0.05, 0) is 50.9 Å². The number of hydrogen-bond donors (Lipinski definition) is 1. The van der Waals surface area contributed by atoms with Crippen molar-refractivity contribution in [1.82, 2.24) is 5.32 Å². The van der Waals surface area contributed by atoms with Crippen molar-refractivity contribution in [1.29, 1.82) is 0 Å². The Bertz CT molecular complexity index is 309. The minimum absolute atomic E-state index is 0.183. The van der Waals surface area contributed by atoms with E-state index in [1.165, 1.54) is 12.8 Å². The van der Waals surface area contributed by atoms with E-state index in [4.69, 9.17) is 0 Å². The van der Waals surface area contributed by atoms with Gasteiger partial charge in [0.25, 0.3) is 0 Å². The van der Waals surface area contributed by atoms with E-state index < -0.39 is 0 Å². The zero-order valence-corrected chi connectivity index (χ0v) is 14.9. The summed E-state index contributed by atoms with van der Waals surface area (Å²) in [6, 6.07) is 0. The Balaban J connectivity index is 2.50. The second-order valence-electron chi connectivity index (χ2n) is 7.74. The van der Waals surface area contributed by atoms with Gasteiger partial charge in [-0.25, -0.2) is 0 Å². The highest BCUT2D eigenvalue weighted by Crippen LogP contribution is 2.40. The van der Waals surface area contributed by atoms with Crippen LogP contribution in [0.1, 0.15) is 67.2 Å². The summed E-state index contributed by atoms with van der Waals surface area (Å²) in [6.45, 7) is 13.2. The van der Waals surface area contributed by atoms with E-state index in [1.54, 1.807) is 0 Å². The fourth-order valence-electron chi connectivity index (χ4n) is 2.74. The highest BCUT2D eigenvalue weighted by Gasteiger charge is 2.34. The molecule has 1 aliphatic carbocycles. The monoisotopic (exact) mass is 331 g/mol. The quantitative estimate of drug-likeness (QED) is 0.757. The van der Waals surface area contributed by atoms with Crippen LogP contribution >= 0.6 is 15.9 Å². The topological polar surface area (TPSA) is 29.1 Å². The van der Waals surface area contributed by atoms with Gasteiger partial charge in [-0.2, -0.15) is 0 Å². The summed E-state index contributed by atoms with van der Waals surface area (Å²) in [5, 5.41) is 3.19. The molecule has 1 unspecified atom stereocenters. The van der Waals surface area contributed by atoms with Crippen LogP contribution in [0, 0.1) is 17.3 Å². The molecule has 1 saturated carbocycles. The average molecular weight is 332 g/mol. The molecular formula is C16H30BrNO. The molecule has 0 aromatic rings. The Morgan fingerprint density at radius 3 is 1.95 bits per heavy atom. The number of hydrogen-bond acceptors (Lipinski definition) is 1. The van der Waals surface area contributed by atoms with Gasteiger partial charge in [-0.15, -0.1) is 0 Å². The number of amides is 1. The van der Waals surface area contributed by atoms with Crippen LogP contribution in [0.25, 0.3) is 0 Å². The van der Waals surface area contributed by atoms with Gasteiger partial charge in [0, 0.05) is 16.3 Å². The standard InChI is InChI=1S/C16H30BrNO/c1-11(17)16(5,6)18-14(19)12-7-9-13(10-8-12)15(2,3)4/h11-13H,7-10H2,1-6H3,(H,18,19). The highest BCUT2D eigenvalue weighted by atomic mass is 79.9. The van der Waals surface area contributed by atoms with Gasteiger partial charge >= 0.3 is 0 Å². The third-order valence-corrected chi connectivity index (χ3v) is 5.91. The highest BCUT2D eigenvalue weighted by molar-refractivity contribution is 9.09. The molecule has 3 heteroatoms. The van der Waals surface area contributed by atoms with Gasteiger partial charge in [-0.3, -0.25) is 4.79 Å². The van der Waals surface area contributed by atoms with E-state index in [0.29, 0.717) is 5.41 Å². The third-order valence-electron chi connectivity index (χ3n) is 4.76.